The first-order valence-corrected chi connectivity index (χ1v) is 10.4. The molecule has 1 aliphatic carbocycles. The Hall–Kier alpha value is -1.99. The number of aryl methyl sites for hydroxylation is 1. The van der Waals surface area contributed by atoms with Crippen molar-refractivity contribution in [2.75, 3.05) is 12.9 Å². The predicted octanol–water partition coefficient (Wildman–Crippen LogP) is 3.26. The Morgan fingerprint density at radius 1 is 1.23 bits per heavy atom. The number of hydrogen-bond acceptors (Lipinski definition) is 6. The van der Waals surface area contributed by atoms with Crippen molar-refractivity contribution in [3.63, 3.8) is 0 Å². The Labute approximate surface area is 152 Å². The Morgan fingerprint density at radius 2 is 1.96 bits per heavy atom. The smallest absolute Gasteiger partial charge is 0.198 e. The van der Waals surface area contributed by atoms with Crippen molar-refractivity contribution >= 4 is 15.6 Å². The molecule has 1 aliphatic heterocycles. The first-order valence-electron chi connectivity index (χ1n) is 8.74. The minimum Gasteiger partial charge on any atom is -0.377 e. The lowest BCUT2D eigenvalue weighted by Gasteiger charge is -2.28. The van der Waals surface area contributed by atoms with Crippen molar-refractivity contribution in [2.24, 2.45) is 0 Å². The number of aromatic nitrogens is 1. The minimum absolute atomic E-state index is 0.0591. The highest BCUT2D eigenvalue weighted by Crippen LogP contribution is 2.43. The molecule has 2 aliphatic rings. The molecular formula is C19H21NO5S. The van der Waals surface area contributed by atoms with Crippen molar-refractivity contribution in [3.05, 3.63) is 45.8 Å². The molecule has 1 atom stereocenters. The van der Waals surface area contributed by atoms with Gasteiger partial charge in [0.1, 0.15) is 0 Å². The van der Waals surface area contributed by atoms with E-state index in [1.807, 2.05) is 0 Å². The number of hydrogen-bond donors (Lipinski definition) is 0. The molecular weight excluding hydrogens is 354 g/mol. The van der Waals surface area contributed by atoms with E-state index in [1.54, 1.807) is 27.0 Å². The second-order valence-electron chi connectivity index (χ2n) is 7.15. The van der Waals surface area contributed by atoms with Crippen molar-refractivity contribution in [3.8, 4) is 0 Å². The van der Waals surface area contributed by atoms with Gasteiger partial charge in [0.2, 0.25) is 0 Å². The Balaban J connectivity index is 1.90. The molecule has 0 amide bonds. The highest BCUT2D eigenvalue weighted by molar-refractivity contribution is 7.91. The van der Waals surface area contributed by atoms with Crippen LogP contribution in [0.25, 0.3) is 0 Å². The van der Waals surface area contributed by atoms with Crippen molar-refractivity contribution in [1.29, 1.82) is 0 Å². The van der Waals surface area contributed by atoms with Crippen molar-refractivity contribution in [2.45, 2.75) is 50.0 Å². The van der Waals surface area contributed by atoms with Crippen LogP contribution in [-0.4, -0.2) is 32.2 Å². The number of carbonyl (C=O) groups is 1. The van der Waals surface area contributed by atoms with Gasteiger partial charge in [-0.15, -0.1) is 0 Å². The highest BCUT2D eigenvalue weighted by Gasteiger charge is 2.37. The number of carbonyl (C=O) groups excluding carboxylic acids is 1. The first kappa shape index (κ1) is 17.4. The lowest BCUT2D eigenvalue weighted by atomic mass is 9.90. The zero-order valence-corrected chi connectivity index (χ0v) is 15.9. The van der Waals surface area contributed by atoms with Crippen LogP contribution in [0.2, 0.25) is 0 Å². The lowest BCUT2D eigenvalue weighted by molar-refractivity contribution is 0.0951. The van der Waals surface area contributed by atoms with Crippen LogP contribution in [0, 0.1) is 13.8 Å². The number of methoxy groups -OCH3 is 1. The summed E-state index contributed by atoms with van der Waals surface area (Å²) in [4.78, 5) is 13.5. The molecule has 0 radical (unpaired) electrons. The number of ketones is 1. The number of rotatable bonds is 4. The molecule has 138 valence electrons. The summed E-state index contributed by atoms with van der Waals surface area (Å²) in [5.41, 5.74) is 2.83. The number of nitrogens with zero attached hydrogens (tertiary/aromatic N) is 1. The molecule has 0 bridgehead atoms. The third-order valence-corrected chi connectivity index (χ3v) is 7.31. The normalized spacial score (nSPS) is 21.4. The second-order valence-corrected chi connectivity index (χ2v) is 9.19. The number of benzene rings is 1. The fourth-order valence-electron chi connectivity index (χ4n) is 3.90. The summed E-state index contributed by atoms with van der Waals surface area (Å²) in [6.45, 7) is 3.53. The maximum absolute atomic E-state index is 13.2. The van der Waals surface area contributed by atoms with Gasteiger partial charge in [-0.3, -0.25) is 4.79 Å². The maximum atomic E-state index is 13.2. The third-order valence-electron chi connectivity index (χ3n) is 5.37. The summed E-state index contributed by atoms with van der Waals surface area (Å²) < 4.78 is 36.0. The molecule has 1 aromatic carbocycles. The van der Waals surface area contributed by atoms with E-state index in [4.69, 9.17) is 9.26 Å². The molecule has 0 spiro atoms. The van der Waals surface area contributed by atoms with Crippen LogP contribution in [0.3, 0.4) is 0 Å². The zero-order valence-electron chi connectivity index (χ0n) is 15.0. The molecule has 7 heteroatoms. The van der Waals surface area contributed by atoms with E-state index in [9.17, 15) is 13.2 Å². The van der Waals surface area contributed by atoms with E-state index in [0.717, 1.165) is 12.8 Å². The van der Waals surface area contributed by atoms with E-state index in [-0.39, 0.29) is 23.6 Å². The van der Waals surface area contributed by atoms with Gasteiger partial charge in [-0.25, -0.2) is 8.42 Å². The SMILES string of the molecule is COC1CCS(=O)(=O)c2c(C)cc(C(=O)c3cnoc3C3CC3)c(C)c21. The quantitative estimate of drug-likeness (QED) is 0.763. The van der Waals surface area contributed by atoms with Crippen LogP contribution < -0.4 is 0 Å². The van der Waals surface area contributed by atoms with Gasteiger partial charge in [0.05, 0.1) is 28.5 Å². The van der Waals surface area contributed by atoms with Gasteiger partial charge in [0, 0.05) is 24.2 Å². The van der Waals surface area contributed by atoms with Gasteiger partial charge in [0.25, 0.3) is 0 Å². The van der Waals surface area contributed by atoms with Gasteiger partial charge < -0.3 is 9.26 Å². The number of ether oxygens (including phenoxy) is 1. The molecule has 1 fully saturated rings. The van der Waals surface area contributed by atoms with Crippen LogP contribution in [0.1, 0.15) is 69.7 Å². The van der Waals surface area contributed by atoms with Gasteiger partial charge in [-0.1, -0.05) is 5.16 Å². The zero-order chi connectivity index (χ0) is 18.6. The van der Waals surface area contributed by atoms with Crippen molar-refractivity contribution in [1.82, 2.24) is 5.16 Å². The van der Waals surface area contributed by atoms with Crippen molar-refractivity contribution < 1.29 is 22.5 Å². The van der Waals surface area contributed by atoms with Gasteiger partial charge >= 0.3 is 0 Å². The lowest BCUT2D eigenvalue weighted by Crippen LogP contribution is -2.25. The Bertz CT molecular complexity index is 1000. The summed E-state index contributed by atoms with van der Waals surface area (Å²) >= 11 is 0. The maximum Gasteiger partial charge on any atom is 0.198 e. The highest BCUT2D eigenvalue weighted by atomic mass is 32.2. The average Bonchev–Trinajstić information content (AvgIpc) is 3.33. The van der Waals surface area contributed by atoms with Gasteiger partial charge in [0.15, 0.2) is 21.4 Å². The Morgan fingerprint density at radius 3 is 2.62 bits per heavy atom. The second kappa shape index (κ2) is 6.03. The summed E-state index contributed by atoms with van der Waals surface area (Å²) in [5, 5.41) is 3.81. The Kier molecular flexibility index (Phi) is 4.04. The minimum atomic E-state index is -3.37. The predicted molar refractivity (Wildman–Crippen MR) is 94.2 cm³/mol. The third kappa shape index (κ3) is 2.61. The monoisotopic (exact) mass is 375 g/mol. The van der Waals surface area contributed by atoms with Crippen LogP contribution in [0.5, 0.6) is 0 Å². The molecule has 6 nitrogen and oxygen atoms in total. The van der Waals surface area contributed by atoms with E-state index in [2.05, 4.69) is 5.16 Å². The molecule has 26 heavy (non-hydrogen) atoms. The fourth-order valence-corrected chi connectivity index (χ4v) is 5.80. The fraction of sp³-hybridized carbons (Fsp3) is 0.474. The molecule has 1 unspecified atom stereocenters. The van der Waals surface area contributed by atoms with Gasteiger partial charge in [-0.2, -0.15) is 0 Å². The summed E-state index contributed by atoms with van der Waals surface area (Å²) in [7, 11) is -1.80. The molecule has 1 aromatic heterocycles. The number of sulfone groups is 1. The average molecular weight is 375 g/mol. The van der Waals surface area contributed by atoms with Gasteiger partial charge in [-0.05, 0) is 50.3 Å². The van der Waals surface area contributed by atoms with E-state index < -0.39 is 9.84 Å². The van der Waals surface area contributed by atoms with Crippen LogP contribution in [0.15, 0.2) is 21.7 Å². The molecule has 1 saturated carbocycles. The van der Waals surface area contributed by atoms with Crippen LogP contribution in [-0.2, 0) is 14.6 Å². The molecule has 0 saturated heterocycles. The van der Waals surface area contributed by atoms with E-state index in [0.29, 0.717) is 44.9 Å². The number of fused-ring (bicyclic) bond motifs is 1. The summed E-state index contributed by atoms with van der Waals surface area (Å²) in [6, 6.07) is 1.68. The van der Waals surface area contributed by atoms with Crippen LogP contribution >= 0.6 is 0 Å². The topological polar surface area (TPSA) is 86.5 Å². The summed E-state index contributed by atoms with van der Waals surface area (Å²) in [5.74, 6) is 0.793. The molecule has 2 aromatic rings. The van der Waals surface area contributed by atoms with E-state index >= 15 is 0 Å². The first-order chi connectivity index (χ1) is 12.3. The van der Waals surface area contributed by atoms with E-state index in [1.165, 1.54) is 6.20 Å². The largest absolute Gasteiger partial charge is 0.377 e. The van der Waals surface area contributed by atoms with Crippen LogP contribution in [0.4, 0.5) is 0 Å². The molecule has 4 rings (SSSR count). The molecule has 0 N–H and O–H groups in total. The summed E-state index contributed by atoms with van der Waals surface area (Å²) in [6.07, 6.45) is 3.54. The molecule has 2 heterocycles. The standard InChI is InChI=1S/C19H21NO5S/c1-10-8-13(17(21)14-9-20-25-18(14)12-4-5-12)11(2)16-15(24-3)6-7-26(22,23)19(10)16/h8-9,12,15H,4-7H2,1-3H3.